The summed E-state index contributed by atoms with van der Waals surface area (Å²) in [6, 6.07) is 16.9. The van der Waals surface area contributed by atoms with Gasteiger partial charge in [0.05, 0.1) is 25.3 Å². The zero-order valence-corrected chi connectivity index (χ0v) is 17.3. The van der Waals surface area contributed by atoms with E-state index < -0.39 is 0 Å². The first kappa shape index (κ1) is 21.1. The smallest absolute Gasteiger partial charge is 0.255 e. The molecule has 2 aromatic rings. The lowest BCUT2D eigenvalue weighted by molar-refractivity contribution is -0.954. The fourth-order valence-corrected chi connectivity index (χ4v) is 3.42. The van der Waals surface area contributed by atoms with Crippen LogP contribution >= 0.6 is 0 Å². The number of ether oxygens (including phenoxy) is 3. The number of para-hydroxylation sites is 2. The van der Waals surface area contributed by atoms with E-state index in [1.54, 1.807) is 6.07 Å². The summed E-state index contributed by atoms with van der Waals surface area (Å²) in [5.74, 6) is 1.25. The molecule has 0 bridgehead atoms. The molecule has 1 fully saturated rings. The molecular weight excluding hydrogens is 368 g/mol. The fraction of sp³-hybridized carbons (Fsp3) is 0.435. The topological polar surface area (TPSA) is 61.2 Å². The minimum absolute atomic E-state index is 0.0568. The van der Waals surface area contributed by atoms with Gasteiger partial charge in [-0.15, -0.1) is 0 Å². The zero-order chi connectivity index (χ0) is 20.5. The first-order valence-electron chi connectivity index (χ1n) is 10.2. The van der Waals surface area contributed by atoms with Crippen LogP contribution in [0.15, 0.2) is 54.6 Å². The van der Waals surface area contributed by atoms with E-state index in [2.05, 4.69) is 19.2 Å². The molecular formula is C23H31N2O4+. The van der Waals surface area contributed by atoms with Crippen LogP contribution in [0, 0.1) is 0 Å². The quantitative estimate of drug-likeness (QED) is 0.629. The van der Waals surface area contributed by atoms with Crippen molar-refractivity contribution in [1.82, 2.24) is 5.32 Å². The molecule has 1 aliphatic heterocycles. The van der Waals surface area contributed by atoms with E-state index in [-0.39, 0.29) is 11.4 Å². The lowest BCUT2D eigenvalue weighted by Gasteiger charge is -2.37. The normalized spacial score (nSPS) is 15.0. The molecule has 2 N–H and O–H groups in total. The summed E-state index contributed by atoms with van der Waals surface area (Å²) in [5.41, 5.74) is 0.485. The summed E-state index contributed by atoms with van der Waals surface area (Å²) in [4.78, 5) is 14.2. The first-order valence-corrected chi connectivity index (χ1v) is 10.2. The van der Waals surface area contributed by atoms with Crippen molar-refractivity contribution < 1.29 is 23.9 Å². The Hall–Kier alpha value is -2.57. The summed E-state index contributed by atoms with van der Waals surface area (Å²) in [6.45, 7) is 9.19. The third-order valence-corrected chi connectivity index (χ3v) is 5.23. The van der Waals surface area contributed by atoms with Gasteiger partial charge in [0, 0.05) is 0 Å². The third kappa shape index (κ3) is 6.21. The zero-order valence-electron chi connectivity index (χ0n) is 17.3. The third-order valence-electron chi connectivity index (χ3n) is 5.23. The second kappa shape index (κ2) is 10.3. The van der Waals surface area contributed by atoms with Gasteiger partial charge in [-0.1, -0.05) is 30.3 Å². The number of carbonyl (C=O) groups excluding carboxylic acids is 1. The Morgan fingerprint density at radius 1 is 1.00 bits per heavy atom. The van der Waals surface area contributed by atoms with Gasteiger partial charge in [-0.25, -0.2) is 0 Å². The van der Waals surface area contributed by atoms with Crippen LogP contribution in [-0.4, -0.2) is 57.5 Å². The summed E-state index contributed by atoms with van der Waals surface area (Å²) in [5, 5.41) is 3.08. The second-order valence-electron chi connectivity index (χ2n) is 7.79. The highest BCUT2D eigenvalue weighted by molar-refractivity contribution is 5.96. The van der Waals surface area contributed by atoms with Crippen LogP contribution in [0.25, 0.3) is 0 Å². The van der Waals surface area contributed by atoms with Gasteiger partial charge in [-0.2, -0.15) is 0 Å². The number of nitrogens with one attached hydrogen (secondary N) is 2. The van der Waals surface area contributed by atoms with Crippen LogP contribution in [-0.2, 0) is 4.74 Å². The minimum Gasteiger partial charge on any atom is -0.490 e. The Morgan fingerprint density at radius 2 is 1.66 bits per heavy atom. The first-order chi connectivity index (χ1) is 14.1. The van der Waals surface area contributed by atoms with E-state index in [1.165, 1.54) is 4.90 Å². The molecule has 0 radical (unpaired) electrons. The maximum absolute atomic E-state index is 12.8. The van der Waals surface area contributed by atoms with Crippen molar-refractivity contribution in [3.8, 4) is 11.5 Å². The van der Waals surface area contributed by atoms with Gasteiger partial charge in [-0.3, -0.25) is 4.79 Å². The lowest BCUT2D eigenvalue weighted by Crippen LogP contribution is -3.22. The molecule has 1 heterocycles. The summed E-state index contributed by atoms with van der Waals surface area (Å²) >= 11 is 0. The van der Waals surface area contributed by atoms with Gasteiger partial charge in [0.1, 0.15) is 43.3 Å². The fourth-order valence-electron chi connectivity index (χ4n) is 3.42. The molecule has 0 aromatic heterocycles. The molecule has 3 rings (SSSR count). The molecule has 6 nitrogen and oxygen atoms in total. The predicted molar refractivity (Wildman–Crippen MR) is 112 cm³/mol. The van der Waals surface area contributed by atoms with Crippen LogP contribution in [0.3, 0.4) is 0 Å². The van der Waals surface area contributed by atoms with Crippen molar-refractivity contribution in [1.29, 1.82) is 0 Å². The van der Waals surface area contributed by atoms with E-state index in [4.69, 9.17) is 14.2 Å². The van der Waals surface area contributed by atoms with Crippen molar-refractivity contribution in [2.75, 3.05) is 46.1 Å². The van der Waals surface area contributed by atoms with Crippen molar-refractivity contribution in [2.24, 2.45) is 0 Å². The lowest BCUT2D eigenvalue weighted by atomic mass is 10.0. The molecule has 1 aliphatic rings. The van der Waals surface area contributed by atoms with Gasteiger partial charge < -0.3 is 24.4 Å². The van der Waals surface area contributed by atoms with Crippen LogP contribution < -0.4 is 19.7 Å². The van der Waals surface area contributed by atoms with Gasteiger partial charge in [0.15, 0.2) is 0 Å². The number of hydrogen-bond donors (Lipinski definition) is 2. The molecule has 6 heteroatoms. The molecule has 1 saturated heterocycles. The molecule has 0 unspecified atom stereocenters. The number of rotatable bonds is 9. The number of morpholine rings is 1. The molecule has 1 amide bonds. The van der Waals surface area contributed by atoms with Gasteiger partial charge in [-0.05, 0) is 38.1 Å². The number of hydrogen-bond acceptors (Lipinski definition) is 4. The molecule has 29 heavy (non-hydrogen) atoms. The van der Waals surface area contributed by atoms with E-state index in [0.29, 0.717) is 31.1 Å². The van der Waals surface area contributed by atoms with Crippen LogP contribution in [0.4, 0.5) is 0 Å². The number of quaternary nitrogens is 1. The number of benzene rings is 2. The van der Waals surface area contributed by atoms with Crippen molar-refractivity contribution in [2.45, 2.75) is 19.4 Å². The van der Waals surface area contributed by atoms with Gasteiger partial charge in [0.2, 0.25) is 0 Å². The molecule has 0 saturated carbocycles. The molecule has 0 atom stereocenters. The maximum Gasteiger partial charge on any atom is 0.255 e. The monoisotopic (exact) mass is 399 g/mol. The minimum atomic E-state index is -0.120. The Labute approximate surface area is 172 Å². The highest BCUT2D eigenvalue weighted by Gasteiger charge is 2.32. The molecule has 0 aliphatic carbocycles. The van der Waals surface area contributed by atoms with Crippen LogP contribution in [0.1, 0.15) is 24.2 Å². The van der Waals surface area contributed by atoms with Crippen molar-refractivity contribution >= 4 is 5.91 Å². The standard InChI is InChI=1S/C23H30N2O4/c1-23(2,25-12-14-27-15-13-25)18-24-22(26)20-10-6-7-11-21(20)29-17-16-28-19-8-4-3-5-9-19/h3-11H,12-18H2,1-2H3,(H,24,26)/p+1. The Kier molecular flexibility index (Phi) is 7.49. The Balaban J connectivity index is 1.51. The molecule has 0 spiro atoms. The second-order valence-corrected chi connectivity index (χ2v) is 7.79. The summed E-state index contributed by atoms with van der Waals surface area (Å²) in [6.07, 6.45) is 0. The molecule has 156 valence electrons. The Morgan fingerprint density at radius 3 is 2.41 bits per heavy atom. The summed E-state index contributed by atoms with van der Waals surface area (Å²) in [7, 11) is 0. The Bertz CT molecular complexity index is 773. The number of amides is 1. The van der Waals surface area contributed by atoms with E-state index in [0.717, 1.165) is 32.1 Å². The average Bonchev–Trinajstić information content (AvgIpc) is 2.77. The van der Waals surface area contributed by atoms with Crippen LogP contribution in [0.2, 0.25) is 0 Å². The number of carbonyl (C=O) groups is 1. The van der Waals surface area contributed by atoms with E-state index >= 15 is 0 Å². The van der Waals surface area contributed by atoms with Gasteiger partial charge >= 0.3 is 0 Å². The van der Waals surface area contributed by atoms with Crippen molar-refractivity contribution in [3.63, 3.8) is 0 Å². The van der Waals surface area contributed by atoms with Crippen LogP contribution in [0.5, 0.6) is 11.5 Å². The van der Waals surface area contributed by atoms with E-state index in [1.807, 2.05) is 48.5 Å². The highest BCUT2D eigenvalue weighted by Crippen LogP contribution is 2.18. The van der Waals surface area contributed by atoms with Gasteiger partial charge in [0.25, 0.3) is 5.91 Å². The summed E-state index contributed by atoms with van der Waals surface area (Å²) < 4.78 is 16.9. The van der Waals surface area contributed by atoms with E-state index in [9.17, 15) is 4.79 Å². The largest absolute Gasteiger partial charge is 0.490 e. The highest BCUT2D eigenvalue weighted by atomic mass is 16.5. The maximum atomic E-state index is 12.8. The average molecular weight is 400 g/mol. The SMILES string of the molecule is CC(C)(CNC(=O)c1ccccc1OCCOc1ccccc1)[NH+]1CCOCC1. The predicted octanol–water partition coefficient (Wildman–Crippen LogP) is 1.57. The molecule has 2 aromatic carbocycles. The van der Waals surface area contributed by atoms with Crippen molar-refractivity contribution in [3.05, 3.63) is 60.2 Å².